The van der Waals surface area contributed by atoms with E-state index in [1.165, 1.54) is 0 Å². The fourth-order valence-corrected chi connectivity index (χ4v) is 1.94. The third-order valence-electron chi connectivity index (χ3n) is 2.67. The Morgan fingerprint density at radius 3 is 3.06 bits per heavy atom. The molecular weight excluding hydrogens is 242 g/mol. The van der Waals surface area contributed by atoms with Gasteiger partial charge in [-0.05, 0) is 24.1 Å². The standard InChI is InChI=1S/C12H16ClNO3/c1-2-9(15)6-14-5-8-3-10(13)12-11(4-8)16-7-17-12/h3-4,9,14-15H,2,5-7H2,1H3. The predicted octanol–water partition coefficient (Wildman–Crippen LogP) is 1.93. The maximum absolute atomic E-state index is 9.41. The molecule has 1 heterocycles. The Morgan fingerprint density at radius 2 is 2.29 bits per heavy atom. The van der Waals surface area contributed by atoms with Crippen LogP contribution >= 0.6 is 11.6 Å². The van der Waals surface area contributed by atoms with E-state index in [1.54, 1.807) is 0 Å². The van der Waals surface area contributed by atoms with Crippen molar-refractivity contribution in [3.05, 3.63) is 22.7 Å². The van der Waals surface area contributed by atoms with E-state index >= 15 is 0 Å². The highest BCUT2D eigenvalue weighted by molar-refractivity contribution is 6.32. The summed E-state index contributed by atoms with van der Waals surface area (Å²) < 4.78 is 10.5. The molecule has 0 aliphatic carbocycles. The molecule has 0 amide bonds. The van der Waals surface area contributed by atoms with Gasteiger partial charge in [-0.3, -0.25) is 0 Å². The van der Waals surface area contributed by atoms with Crippen molar-refractivity contribution in [1.82, 2.24) is 5.32 Å². The molecule has 2 N–H and O–H groups in total. The smallest absolute Gasteiger partial charge is 0.231 e. The summed E-state index contributed by atoms with van der Waals surface area (Å²) in [4.78, 5) is 0. The summed E-state index contributed by atoms with van der Waals surface area (Å²) in [6.07, 6.45) is 0.439. The van der Waals surface area contributed by atoms with Gasteiger partial charge in [-0.1, -0.05) is 18.5 Å². The van der Waals surface area contributed by atoms with Crippen molar-refractivity contribution in [2.24, 2.45) is 0 Å². The van der Waals surface area contributed by atoms with Crippen LogP contribution in [0.5, 0.6) is 11.5 Å². The average Bonchev–Trinajstić information content (AvgIpc) is 2.77. The normalized spacial score (nSPS) is 15.0. The van der Waals surface area contributed by atoms with Crippen molar-refractivity contribution in [2.75, 3.05) is 13.3 Å². The van der Waals surface area contributed by atoms with Crippen LogP contribution in [0.15, 0.2) is 12.1 Å². The SMILES string of the molecule is CCC(O)CNCc1cc(Cl)c2c(c1)OCO2. The first-order valence-corrected chi connectivity index (χ1v) is 6.05. The molecule has 5 heteroatoms. The van der Waals surface area contributed by atoms with E-state index in [2.05, 4.69) is 5.32 Å². The van der Waals surface area contributed by atoms with Crippen LogP contribution in [0.1, 0.15) is 18.9 Å². The molecule has 2 rings (SSSR count). The molecule has 1 unspecified atom stereocenters. The summed E-state index contributed by atoms with van der Waals surface area (Å²) in [5.41, 5.74) is 1.02. The van der Waals surface area contributed by atoms with Gasteiger partial charge in [0.25, 0.3) is 0 Å². The molecule has 0 saturated heterocycles. The molecule has 1 aliphatic rings. The Kier molecular flexibility index (Phi) is 4.10. The Hall–Kier alpha value is -0.970. The number of hydrogen-bond donors (Lipinski definition) is 2. The number of hydrogen-bond acceptors (Lipinski definition) is 4. The van der Waals surface area contributed by atoms with E-state index in [4.69, 9.17) is 21.1 Å². The highest BCUT2D eigenvalue weighted by Gasteiger charge is 2.18. The van der Waals surface area contributed by atoms with Crippen molar-refractivity contribution < 1.29 is 14.6 Å². The van der Waals surface area contributed by atoms with Gasteiger partial charge in [-0.25, -0.2) is 0 Å². The van der Waals surface area contributed by atoms with Crippen molar-refractivity contribution >= 4 is 11.6 Å². The van der Waals surface area contributed by atoms with Gasteiger partial charge >= 0.3 is 0 Å². The molecule has 94 valence electrons. The molecule has 0 fully saturated rings. The van der Waals surface area contributed by atoms with Crippen molar-refractivity contribution in [1.29, 1.82) is 0 Å². The van der Waals surface area contributed by atoms with Crippen molar-refractivity contribution in [3.63, 3.8) is 0 Å². The van der Waals surface area contributed by atoms with Crippen LogP contribution in [0.3, 0.4) is 0 Å². The van der Waals surface area contributed by atoms with Gasteiger partial charge in [0, 0.05) is 13.1 Å². The monoisotopic (exact) mass is 257 g/mol. The van der Waals surface area contributed by atoms with Crippen LogP contribution in [-0.4, -0.2) is 24.5 Å². The lowest BCUT2D eigenvalue weighted by Gasteiger charge is -2.10. The summed E-state index contributed by atoms with van der Waals surface area (Å²) >= 11 is 6.06. The number of aliphatic hydroxyl groups excluding tert-OH is 1. The van der Waals surface area contributed by atoms with Gasteiger partial charge < -0.3 is 19.9 Å². The zero-order valence-corrected chi connectivity index (χ0v) is 10.5. The first kappa shape index (κ1) is 12.5. The minimum Gasteiger partial charge on any atom is -0.454 e. The minimum absolute atomic E-state index is 0.223. The number of benzene rings is 1. The van der Waals surface area contributed by atoms with Gasteiger partial charge in [0.05, 0.1) is 11.1 Å². The summed E-state index contributed by atoms with van der Waals surface area (Å²) in [6.45, 7) is 3.39. The third-order valence-corrected chi connectivity index (χ3v) is 2.95. The van der Waals surface area contributed by atoms with Crippen molar-refractivity contribution in [3.8, 4) is 11.5 Å². The van der Waals surface area contributed by atoms with E-state index in [0.717, 1.165) is 12.0 Å². The maximum atomic E-state index is 9.41. The summed E-state index contributed by atoms with van der Waals surface area (Å²) in [6, 6.07) is 3.75. The van der Waals surface area contributed by atoms with Gasteiger partial charge in [0.1, 0.15) is 0 Å². The van der Waals surface area contributed by atoms with E-state index in [-0.39, 0.29) is 12.9 Å². The molecule has 1 aromatic carbocycles. The highest BCUT2D eigenvalue weighted by atomic mass is 35.5. The largest absolute Gasteiger partial charge is 0.454 e. The number of aliphatic hydroxyl groups is 1. The summed E-state index contributed by atoms with van der Waals surface area (Å²) in [5.74, 6) is 1.30. The first-order valence-electron chi connectivity index (χ1n) is 5.67. The quantitative estimate of drug-likeness (QED) is 0.846. The van der Waals surface area contributed by atoms with E-state index in [0.29, 0.717) is 29.6 Å². The van der Waals surface area contributed by atoms with Crippen LogP contribution in [0.2, 0.25) is 5.02 Å². The lowest BCUT2D eigenvalue weighted by atomic mass is 10.2. The second-order valence-electron chi connectivity index (χ2n) is 4.00. The van der Waals surface area contributed by atoms with Crippen LogP contribution in [0.4, 0.5) is 0 Å². The Balaban J connectivity index is 1.96. The number of fused-ring (bicyclic) bond motifs is 1. The lowest BCUT2D eigenvalue weighted by Crippen LogP contribution is -2.25. The van der Waals surface area contributed by atoms with Gasteiger partial charge in [-0.2, -0.15) is 0 Å². The molecule has 17 heavy (non-hydrogen) atoms. The van der Waals surface area contributed by atoms with Gasteiger partial charge in [-0.15, -0.1) is 0 Å². The van der Waals surface area contributed by atoms with E-state index in [1.807, 2.05) is 19.1 Å². The highest BCUT2D eigenvalue weighted by Crippen LogP contribution is 2.39. The topological polar surface area (TPSA) is 50.7 Å². The van der Waals surface area contributed by atoms with E-state index < -0.39 is 0 Å². The molecule has 0 saturated carbocycles. The number of halogens is 1. The van der Waals surface area contributed by atoms with Crippen molar-refractivity contribution in [2.45, 2.75) is 26.0 Å². The first-order chi connectivity index (χ1) is 8.20. The number of nitrogens with one attached hydrogen (secondary N) is 1. The second-order valence-corrected chi connectivity index (χ2v) is 4.41. The molecule has 0 bridgehead atoms. The molecule has 1 aliphatic heterocycles. The average molecular weight is 258 g/mol. The van der Waals surface area contributed by atoms with Crippen LogP contribution in [0, 0.1) is 0 Å². The minimum atomic E-state index is -0.306. The molecule has 0 spiro atoms. The fourth-order valence-electron chi connectivity index (χ4n) is 1.65. The Labute approximate surface area is 105 Å². The molecular formula is C12H16ClNO3. The van der Waals surface area contributed by atoms with Crippen LogP contribution in [0.25, 0.3) is 0 Å². The Morgan fingerprint density at radius 1 is 1.47 bits per heavy atom. The molecule has 4 nitrogen and oxygen atoms in total. The van der Waals surface area contributed by atoms with E-state index in [9.17, 15) is 5.11 Å². The van der Waals surface area contributed by atoms with Crippen LogP contribution in [-0.2, 0) is 6.54 Å². The number of ether oxygens (including phenoxy) is 2. The summed E-state index contributed by atoms with van der Waals surface area (Å²) in [7, 11) is 0. The second kappa shape index (κ2) is 5.58. The maximum Gasteiger partial charge on any atom is 0.231 e. The molecule has 0 radical (unpaired) electrons. The number of rotatable bonds is 5. The third kappa shape index (κ3) is 3.03. The fraction of sp³-hybridized carbons (Fsp3) is 0.500. The zero-order chi connectivity index (χ0) is 12.3. The molecule has 0 aromatic heterocycles. The zero-order valence-electron chi connectivity index (χ0n) is 9.70. The Bertz CT molecular complexity index is 398. The van der Waals surface area contributed by atoms with Gasteiger partial charge in [0.2, 0.25) is 6.79 Å². The predicted molar refractivity (Wildman–Crippen MR) is 65.6 cm³/mol. The van der Waals surface area contributed by atoms with Gasteiger partial charge in [0.15, 0.2) is 11.5 Å². The summed E-state index contributed by atoms with van der Waals surface area (Å²) in [5, 5.41) is 13.1. The van der Waals surface area contributed by atoms with Crippen LogP contribution < -0.4 is 14.8 Å². The lowest BCUT2D eigenvalue weighted by molar-refractivity contribution is 0.167. The molecule has 1 atom stereocenters. The molecule has 1 aromatic rings.